The van der Waals surface area contributed by atoms with Crippen LogP contribution in [0, 0.1) is 41.0 Å². The fourth-order valence-corrected chi connectivity index (χ4v) is 7.17. The van der Waals surface area contributed by atoms with E-state index in [1.165, 1.54) is 76.0 Å². The minimum atomic E-state index is -1.09. The highest BCUT2D eigenvalue weighted by atomic mass is 19.2. The summed E-state index contributed by atoms with van der Waals surface area (Å²) in [4.78, 5) is 0. The Labute approximate surface area is 273 Å². The standard InChI is InChI=1S/C41H50F4O/c1-5-8-9-10-12-29-14-17-30(18-15-29)31-19-21-33(22-20-31)36-24-23-35(39(43)40(36)44)32(11-6-2)16-13-28(4)34-25-26-37(46-27-7-3)41(45)38(34)42/h6-7,11,13,16,21,23-26,29-31H,3,5,8-10,12,14-15,17-20,22,27H2,1-2,4H3/b11-6-,28-13+,32-16+. The van der Waals surface area contributed by atoms with Gasteiger partial charge < -0.3 is 4.74 Å². The summed E-state index contributed by atoms with van der Waals surface area (Å²) in [5.74, 6) is -1.81. The predicted molar refractivity (Wildman–Crippen MR) is 184 cm³/mol. The molecule has 46 heavy (non-hydrogen) atoms. The fraction of sp³-hybridized carbons (Fsp3) is 0.463. The Bertz CT molecular complexity index is 1460. The molecular weight excluding hydrogens is 584 g/mol. The molecule has 1 nitrogen and oxygen atoms in total. The molecule has 0 aromatic heterocycles. The molecule has 2 aromatic rings. The second-order valence-corrected chi connectivity index (χ2v) is 13.0. The summed E-state index contributed by atoms with van der Waals surface area (Å²) in [6.45, 7) is 9.24. The van der Waals surface area contributed by atoms with Gasteiger partial charge in [-0.2, -0.15) is 4.39 Å². The van der Waals surface area contributed by atoms with Crippen molar-refractivity contribution < 1.29 is 22.3 Å². The molecule has 0 spiro atoms. The summed E-state index contributed by atoms with van der Waals surface area (Å²) < 4.78 is 65.7. The van der Waals surface area contributed by atoms with Crippen LogP contribution < -0.4 is 4.74 Å². The van der Waals surface area contributed by atoms with E-state index < -0.39 is 23.3 Å². The van der Waals surface area contributed by atoms with Gasteiger partial charge in [0.05, 0.1) is 0 Å². The Hall–Kier alpha value is -3.34. The smallest absolute Gasteiger partial charge is 0.201 e. The highest BCUT2D eigenvalue weighted by Crippen LogP contribution is 2.43. The lowest BCUT2D eigenvalue weighted by molar-refractivity contribution is 0.187. The maximum Gasteiger partial charge on any atom is 0.201 e. The van der Waals surface area contributed by atoms with Crippen molar-refractivity contribution in [2.45, 2.75) is 97.8 Å². The molecule has 0 heterocycles. The summed E-state index contributed by atoms with van der Waals surface area (Å²) in [6.07, 6.45) is 24.9. The van der Waals surface area contributed by atoms with Crippen molar-refractivity contribution in [3.05, 3.63) is 107 Å². The Morgan fingerprint density at radius 3 is 2.26 bits per heavy atom. The average Bonchev–Trinajstić information content (AvgIpc) is 3.07. The van der Waals surface area contributed by atoms with Crippen LogP contribution in [0.4, 0.5) is 17.6 Å². The Morgan fingerprint density at radius 2 is 1.59 bits per heavy atom. The third-order valence-electron chi connectivity index (χ3n) is 9.90. The van der Waals surface area contributed by atoms with Crippen LogP contribution in [0.15, 0.2) is 67.3 Å². The number of rotatable bonds is 14. The van der Waals surface area contributed by atoms with Crippen molar-refractivity contribution in [2.24, 2.45) is 17.8 Å². The van der Waals surface area contributed by atoms with E-state index in [1.54, 1.807) is 50.3 Å². The van der Waals surface area contributed by atoms with Gasteiger partial charge in [-0.1, -0.05) is 107 Å². The lowest BCUT2D eigenvalue weighted by Crippen LogP contribution is -2.23. The molecule has 5 heteroatoms. The molecular formula is C41H50F4O. The van der Waals surface area contributed by atoms with E-state index in [1.807, 2.05) is 0 Å². The van der Waals surface area contributed by atoms with Crippen molar-refractivity contribution in [2.75, 3.05) is 6.61 Å². The number of benzene rings is 2. The molecule has 2 aliphatic carbocycles. The molecule has 1 atom stereocenters. The SMILES string of the molecule is C=CCOc1ccc(/C(C)=C/C=C(\C=C/C)c2ccc(C3=CCC(C4CCC(CCCCCC)CC4)CC3)c(F)c2F)c(F)c1F. The van der Waals surface area contributed by atoms with Gasteiger partial charge in [-0.25, -0.2) is 13.2 Å². The van der Waals surface area contributed by atoms with Crippen LogP contribution in [-0.4, -0.2) is 6.61 Å². The first-order chi connectivity index (χ1) is 22.3. The summed E-state index contributed by atoms with van der Waals surface area (Å²) in [7, 11) is 0. The van der Waals surface area contributed by atoms with Gasteiger partial charge in [0.1, 0.15) is 6.61 Å². The molecule has 0 saturated heterocycles. The molecule has 1 fully saturated rings. The van der Waals surface area contributed by atoms with Crippen LogP contribution in [0.5, 0.6) is 5.75 Å². The number of allylic oxidation sites excluding steroid dienone is 8. The molecule has 0 N–H and O–H groups in total. The third kappa shape index (κ3) is 8.92. The Morgan fingerprint density at radius 1 is 0.848 bits per heavy atom. The van der Waals surface area contributed by atoms with Gasteiger partial charge in [-0.3, -0.25) is 0 Å². The van der Waals surface area contributed by atoms with Gasteiger partial charge in [0.25, 0.3) is 0 Å². The fourth-order valence-electron chi connectivity index (χ4n) is 7.17. The lowest BCUT2D eigenvalue weighted by atomic mass is 9.70. The normalized spacial score (nSPS) is 21.0. The Balaban J connectivity index is 1.45. The summed E-state index contributed by atoms with van der Waals surface area (Å²) in [5.41, 5.74) is 2.24. The van der Waals surface area contributed by atoms with E-state index in [9.17, 15) is 8.78 Å². The molecule has 248 valence electrons. The van der Waals surface area contributed by atoms with E-state index in [-0.39, 0.29) is 23.5 Å². The molecule has 2 aliphatic rings. The number of ether oxygens (including phenoxy) is 1. The van der Waals surface area contributed by atoms with Gasteiger partial charge in [-0.15, -0.1) is 0 Å². The first-order valence-electron chi connectivity index (χ1n) is 17.2. The van der Waals surface area contributed by atoms with Crippen molar-refractivity contribution in [1.82, 2.24) is 0 Å². The van der Waals surface area contributed by atoms with Crippen molar-refractivity contribution in [3.63, 3.8) is 0 Å². The predicted octanol–water partition coefficient (Wildman–Crippen LogP) is 12.8. The highest BCUT2D eigenvalue weighted by molar-refractivity contribution is 5.79. The molecule has 1 saturated carbocycles. The zero-order valence-corrected chi connectivity index (χ0v) is 27.8. The van der Waals surface area contributed by atoms with Crippen LogP contribution in [0.3, 0.4) is 0 Å². The summed E-state index contributed by atoms with van der Waals surface area (Å²) in [5, 5.41) is 0. The van der Waals surface area contributed by atoms with Gasteiger partial charge in [-0.05, 0) is 92.6 Å². The largest absolute Gasteiger partial charge is 0.486 e. The minimum Gasteiger partial charge on any atom is -0.486 e. The quantitative estimate of drug-likeness (QED) is 0.0869. The zero-order valence-electron chi connectivity index (χ0n) is 27.8. The second kappa shape index (κ2) is 17.5. The van der Waals surface area contributed by atoms with E-state index in [0.717, 1.165) is 36.7 Å². The molecule has 0 radical (unpaired) electrons. The average molecular weight is 635 g/mol. The van der Waals surface area contributed by atoms with Crippen LogP contribution >= 0.6 is 0 Å². The van der Waals surface area contributed by atoms with Crippen LogP contribution in [0.2, 0.25) is 0 Å². The zero-order chi connectivity index (χ0) is 33.1. The molecule has 0 bridgehead atoms. The van der Waals surface area contributed by atoms with Crippen LogP contribution in [-0.2, 0) is 0 Å². The highest BCUT2D eigenvalue weighted by Gasteiger charge is 2.29. The van der Waals surface area contributed by atoms with Crippen molar-refractivity contribution in [1.29, 1.82) is 0 Å². The molecule has 4 rings (SSSR count). The third-order valence-corrected chi connectivity index (χ3v) is 9.90. The second-order valence-electron chi connectivity index (χ2n) is 13.0. The maximum atomic E-state index is 15.6. The minimum absolute atomic E-state index is 0.0544. The van der Waals surface area contributed by atoms with E-state index >= 15 is 8.78 Å². The van der Waals surface area contributed by atoms with E-state index in [0.29, 0.717) is 22.6 Å². The number of hydrogen-bond acceptors (Lipinski definition) is 1. The van der Waals surface area contributed by atoms with Gasteiger partial charge in [0.2, 0.25) is 5.82 Å². The van der Waals surface area contributed by atoms with Crippen molar-refractivity contribution >= 4 is 16.7 Å². The van der Waals surface area contributed by atoms with Crippen molar-refractivity contribution in [3.8, 4) is 5.75 Å². The van der Waals surface area contributed by atoms with Gasteiger partial charge >= 0.3 is 0 Å². The van der Waals surface area contributed by atoms with Crippen LogP contribution in [0.1, 0.15) is 115 Å². The summed E-state index contributed by atoms with van der Waals surface area (Å²) in [6, 6.07) is 6.09. The van der Waals surface area contributed by atoms with Gasteiger partial charge in [0, 0.05) is 16.7 Å². The lowest BCUT2D eigenvalue weighted by Gasteiger charge is -2.35. The molecule has 0 aliphatic heterocycles. The van der Waals surface area contributed by atoms with Crippen LogP contribution in [0.25, 0.3) is 16.7 Å². The molecule has 0 amide bonds. The number of unbranched alkanes of at least 4 members (excludes halogenated alkanes) is 3. The Kier molecular flexibility index (Phi) is 13.5. The molecule has 1 unspecified atom stereocenters. The summed E-state index contributed by atoms with van der Waals surface area (Å²) >= 11 is 0. The first-order valence-corrected chi connectivity index (χ1v) is 17.2. The van der Waals surface area contributed by atoms with E-state index in [2.05, 4.69) is 19.6 Å². The van der Waals surface area contributed by atoms with Gasteiger partial charge in [0.15, 0.2) is 23.2 Å². The number of halogens is 4. The number of hydrogen-bond donors (Lipinski definition) is 0. The van der Waals surface area contributed by atoms with E-state index in [4.69, 9.17) is 4.74 Å². The molecule has 2 aromatic carbocycles. The monoisotopic (exact) mass is 634 g/mol. The maximum absolute atomic E-state index is 15.6. The first kappa shape index (κ1) is 35.5. The topological polar surface area (TPSA) is 9.23 Å².